The normalized spacial score (nSPS) is 15.0. The number of nitrogens with two attached hydrogens (primary N) is 2. The van der Waals surface area contributed by atoms with E-state index in [1.807, 2.05) is 6.07 Å². The maximum absolute atomic E-state index is 13.3. The van der Waals surface area contributed by atoms with E-state index in [-0.39, 0.29) is 31.6 Å². The molecule has 0 saturated carbocycles. The minimum atomic E-state index is -1.70. The number of carbonyl (C=O) groups is 7. The first-order chi connectivity index (χ1) is 21.0. The number of hydrogen-bond donors (Lipinski definition) is 8. The third-order valence-corrected chi connectivity index (χ3v) is 7.08. The van der Waals surface area contributed by atoms with Crippen molar-refractivity contribution in [1.82, 2.24) is 21.3 Å². The predicted molar refractivity (Wildman–Crippen MR) is 163 cm³/mol. The Morgan fingerprint density at radius 1 is 0.778 bits per heavy atom. The number of hydrogen-bond acceptors (Lipinski definition) is 8. The summed E-state index contributed by atoms with van der Waals surface area (Å²) in [5.41, 5.74) is 12.1. The largest absolute Gasteiger partial charge is 0.481 e. The first kappa shape index (κ1) is 38.5. The average molecular weight is 635 g/mol. The molecule has 15 nitrogen and oxygen atoms in total. The molecule has 0 aromatic heterocycles. The molecule has 0 aliphatic carbocycles. The van der Waals surface area contributed by atoms with Crippen LogP contribution in [0.15, 0.2) is 30.3 Å². The van der Waals surface area contributed by atoms with Crippen molar-refractivity contribution in [3.8, 4) is 0 Å². The van der Waals surface area contributed by atoms with E-state index in [4.69, 9.17) is 11.5 Å². The van der Waals surface area contributed by atoms with Gasteiger partial charge in [0.25, 0.3) is 0 Å². The zero-order valence-electron chi connectivity index (χ0n) is 26.1. The first-order valence-corrected chi connectivity index (χ1v) is 14.8. The van der Waals surface area contributed by atoms with Gasteiger partial charge in [-0.1, -0.05) is 64.4 Å². The zero-order chi connectivity index (χ0) is 34.3. The molecule has 15 heteroatoms. The van der Waals surface area contributed by atoms with E-state index in [0.717, 1.165) is 5.56 Å². The number of carboxylic acid groups (broad SMARTS) is 2. The van der Waals surface area contributed by atoms with Crippen molar-refractivity contribution >= 4 is 41.5 Å². The van der Waals surface area contributed by atoms with E-state index in [2.05, 4.69) is 21.3 Å². The van der Waals surface area contributed by atoms with Crippen LogP contribution in [0, 0.1) is 11.8 Å². The van der Waals surface area contributed by atoms with Crippen LogP contribution in [0.3, 0.4) is 0 Å². The maximum Gasteiger partial charge on any atom is 0.326 e. The third kappa shape index (κ3) is 14.2. The Morgan fingerprint density at radius 3 is 1.82 bits per heavy atom. The van der Waals surface area contributed by atoms with E-state index in [1.165, 1.54) is 0 Å². The molecule has 0 fully saturated rings. The van der Waals surface area contributed by atoms with Crippen LogP contribution in [0.25, 0.3) is 0 Å². The van der Waals surface area contributed by atoms with Gasteiger partial charge in [0.1, 0.15) is 24.2 Å². The number of primary amides is 1. The summed E-state index contributed by atoms with van der Waals surface area (Å²) in [5, 5.41) is 28.6. The van der Waals surface area contributed by atoms with E-state index in [9.17, 15) is 43.8 Å². The van der Waals surface area contributed by atoms with Crippen LogP contribution < -0.4 is 32.7 Å². The number of amides is 5. The fourth-order valence-electron chi connectivity index (χ4n) is 4.36. The molecular weight excluding hydrogens is 588 g/mol. The van der Waals surface area contributed by atoms with Crippen molar-refractivity contribution < 1.29 is 43.8 Å². The lowest BCUT2D eigenvalue weighted by Crippen LogP contribution is -2.59. The van der Waals surface area contributed by atoms with Crippen molar-refractivity contribution in [1.29, 1.82) is 0 Å². The Labute approximate surface area is 262 Å². The highest BCUT2D eigenvalue weighted by molar-refractivity contribution is 5.97. The Bertz CT molecular complexity index is 1190. The SMILES string of the molecule is CC[C@H](C)[C@H](NC(=O)[C@H](CCC(N)=O)NC(=O)[C@H](CC(=O)O)NC(=O)[C@H](CC(C)C)NC(=O)[C@@H](N)Cc1ccccc1)C(=O)O. The third-order valence-electron chi connectivity index (χ3n) is 7.08. The molecule has 0 bridgehead atoms. The van der Waals surface area contributed by atoms with Crippen molar-refractivity contribution in [2.75, 3.05) is 0 Å². The van der Waals surface area contributed by atoms with E-state index in [0.29, 0.717) is 6.42 Å². The summed E-state index contributed by atoms with van der Waals surface area (Å²) < 4.78 is 0. The molecule has 0 unspecified atom stereocenters. The summed E-state index contributed by atoms with van der Waals surface area (Å²) in [5.74, 6) is -7.65. The lowest BCUT2D eigenvalue weighted by atomic mass is 9.98. The molecule has 1 aromatic carbocycles. The van der Waals surface area contributed by atoms with E-state index >= 15 is 0 Å². The van der Waals surface area contributed by atoms with Gasteiger partial charge in [0.2, 0.25) is 29.5 Å². The number of carbonyl (C=O) groups excluding carboxylic acids is 5. The van der Waals surface area contributed by atoms with Crippen LogP contribution in [0.4, 0.5) is 0 Å². The zero-order valence-corrected chi connectivity index (χ0v) is 26.1. The van der Waals surface area contributed by atoms with Gasteiger partial charge in [0, 0.05) is 6.42 Å². The van der Waals surface area contributed by atoms with Gasteiger partial charge in [0.05, 0.1) is 12.5 Å². The Morgan fingerprint density at radius 2 is 1.31 bits per heavy atom. The van der Waals surface area contributed by atoms with Gasteiger partial charge in [-0.3, -0.25) is 28.8 Å². The second-order valence-electron chi connectivity index (χ2n) is 11.4. The van der Waals surface area contributed by atoms with Crippen molar-refractivity contribution in [2.45, 2.75) is 96.4 Å². The summed E-state index contributed by atoms with van der Waals surface area (Å²) in [6, 6.07) is 2.33. The van der Waals surface area contributed by atoms with E-state index < -0.39 is 84.0 Å². The fourth-order valence-corrected chi connectivity index (χ4v) is 4.36. The molecule has 5 amide bonds. The number of benzene rings is 1. The Hall–Kier alpha value is -4.53. The van der Waals surface area contributed by atoms with Crippen LogP contribution in [0.5, 0.6) is 0 Å². The topological polar surface area (TPSA) is 260 Å². The molecule has 45 heavy (non-hydrogen) atoms. The molecule has 0 saturated heterocycles. The molecule has 1 rings (SSSR count). The van der Waals surface area contributed by atoms with Crippen molar-refractivity contribution in [3.05, 3.63) is 35.9 Å². The fraction of sp³-hybridized carbons (Fsp3) is 0.567. The Kier molecular flexibility index (Phi) is 16.2. The molecule has 1 aromatic rings. The second-order valence-corrected chi connectivity index (χ2v) is 11.4. The van der Waals surface area contributed by atoms with Crippen molar-refractivity contribution in [3.63, 3.8) is 0 Å². The molecule has 250 valence electrons. The quantitative estimate of drug-likeness (QED) is 0.0904. The molecule has 0 aliphatic rings. The van der Waals surface area contributed by atoms with Gasteiger partial charge in [-0.05, 0) is 36.7 Å². The minimum absolute atomic E-state index is 0.104. The second kappa shape index (κ2) is 19.0. The highest BCUT2D eigenvalue weighted by Gasteiger charge is 2.34. The van der Waals surface area contributed by atoms with Crippen LogP contribution in [0.2, 0.25) is 0 Å². The predicted octanol–water partition coefficient (Wildman–Crippen LogP) is -0.587. The summed E-state index contributed by atoms with van der Waals surface area (Å²) in [7, 11) is 0. The molecule has 0 radical (unpaired) electrons. The van der Waals surface area contributed by atoms with E-state index in [1.54, 1.807) is 52.0 Å². The molecule has 0 spiro atoms. The molecular formula is C30H46N6O9. The lowest BCUT2D eigenvalue weighted by Gasteiger charge is -2.27. The average Bonchev–Trinajstić information content (AvgIpc) is 2.96. The van der Waals surface area contributed by atoms with Crippen molar-refractivity contribution in [2.24, 2.45) is 23.3 Å². The summed E-state index contributed by atoms with van der Waals surface area (Å²) in [6.45, 7) is 6.92. The smallest absolute Gasteiger partial charge is 0.326 e. The van der Waals surface area contributed by atoms with Gasteiger partial charge in [-0.15, -0.1) is 0 Å². The first-order valence-electron chi connectivity index (χ1n) is 14.8. The number of aliphatic carboxylic acids is 2. The highest BCUT2D eigenvalue weighted by atomic mass is 16.4. The molecule has 6 atom stereocenters. The van der Waals surface area contributed by atoms with Gasteiger partial charge in [-0.2, -0.15) is 0 Å². The van der Waals surface area contributed by atoms with Gasteiger partial charge in [0.15, 0.2) is 0 Å². The number of nitrogens with one attached hydrogen (secondary N) is 4. The Balaban J connectivity index is 3.15. The summed E-state index contributed by atoms with van der Waals surface area (Å²) in [4.78, 5) is 87.3. The molecule has 0 heterocycles. The monoisotopic (exact) mass is 634 g/mol. The number of rotatable bonds is 20. The van der Waals surface area contributed by atoms with Gasteiger partial charge >= 0.3 is 11.9 Å². The summed E-state index contributed by atoms with van der Waals surface area (Å²) in [6.07, 6.45) is -0.830. The number of carboxylic acids is 2. The van der Waals surface area contributed by atoms with Crippen LogP contribution >= 0.6 is 0 Å². The molecule has 0 aliphatic heterocycles. The van der Waals surface area contributed by atoms with Crippen LogP contribution in [0.1, 0.15) is 65.4 Å². The standard InChI is InChI=1S/C30H46N6O9/c1-5-17(4)25(30(44)45)36-27(41)20(11-12-23(32)37)33-29(43)22(15-24(38)39)35-28(42)21(13-16(2)3)34-26(40)19(31)14-18-9-7-6-8-10-18/h6-10,16-17,19-22,25H,5,11-15,31H2,1-4H3,(H2,32,37)(H,33,43)(H,34,40)(H,35,42)(H,36,41)(H,38,39)(H,44,45)/t17-,19-,20-,21-,22-,25-/m0/s1. The van der Waals surface area contributed by atoms with Gasteiger partial charge < -0.3 is 42.9 Å². The van der Waals surface area contributed by atoms with Crippen LogP contribution in [-0.2, 0) is 40.0 Å². The lowest BCUT2D eigenvalue weighted by molar-refractivity contribution is -0.144. The van der Waals surface area contributed by atoms with Crippen LogP contribution in [-0.4, -0.2) is 81.9 Å². The minimum Gasteiger partial charge on any atom is -0.481 e. The highest BCUT2D eigenvalue weighted by Crippen LogP contribution is 2.11. The van der Waals surface area contributed by atoms with Gasteiger partial charge in [-0.25, -0.2) is 4.79 Å². The summed E-state index contributed by atoms with van der Waals surface area (Å²) >= 11 is 0. The maximum atomic E-state index is 13.3. The molecule has 10 N–H and O–H groups in total.